The summed E-state index contributed by atoms with van der Waals surface area (Å²) in [5.41, 5.74) is 26.1. The fraction of sp³-hybridized carbons (Fsp3) is 0.636. The number of unbranched alkanes of at least 4 members (excludes halogenated alkanes) is 16. The Balaban J connectivity index is 0.000000452. The van der Waals surface area contributed by atoms with Gasteiger partial charge in [0, 0.05) is 93.5 Å². The molecule has 0 saturated carbocycles. The van der Waals surface area contributed by atoms with E-state index in [-0.39, 0.29) is 67.9 Å². The van der Waals surface area contributed by atoms with Gasteiger partial charge in [0.2, 0.25) is 0 Å². The van der Waals surface area contributed by atoms with Crippen LogP contribution in [0.25, 0.3) is 0 Å². The summed E-state index contributed by atoms with van der Waals surface area (Å²) in [6.07, 6.45) is 81.7. The molecule has 0 bridgehead atoms. The standard InChI is InChI=1S/C62H86N4.C26H42Br4.4BrH/c1(17-37-63-41-33-51-21-9-13-29-59(51)47-63)5-25-55-45-57(27-7-3-19-39-65-43-35-53-23-11-15-31-61(53)49-65)58(28-8-4-20-40-66-44-36-54-24-12-16-32-62(54)50-66)46-56(55)26-6-2-18-38-64-42-34-52-22-10-14-30-60(52)48-64;27-17-9-1-5-13-23-21-25(15-7-3-11-19-29)26(16-8-4-12-20-30)22-24(23)14-6-2-10-18-28;;;;/h33-36,41-50H,1-32,37-40H2;21-22H,1-20H2;4*1H/q+4;;;;;/p-4. The van der Waals surface area contributed by atoms with Crippen LogP contribution in [0.4, 0.5) is 0 Å². The molecular weight excluding hydrogens is 1750 g/mol. The first-order valence-electron chi connectivity index (χ1n) is 40.0. The quantitative estimate of drug-likeness (QED) is 0.0206. The summed E-state index contributed by atoms with van der Waals surface area (Å²) in [4.78, 5) is 0. The van der Waals surface area contributed by atoms with Gasteiger partial charge in [-0.2, -0.15) is 0 Å². The van der Waals surface area contributed by atoms with E-state index in [0.717, 1.165) is 47.5 Å². The van der Waals surface area contributed by atoms with Crippen LogP contribution in [-0.4, -0.2) is 21.3 Å². The number of benzene rings is 2. The number of aromatic nitrogens is 4. The zero-order valence-corrected chi connectivity index (χ0v) is 74.3. The van der Waals surface area contributed by atoms with Crippen molar-refractivity contribution in [3.8, 4) is 0 Å². The Morgan fingerprint density at radius 1 is 0.210 bits per heavy atom. The van der Waals surface area contributed by atoms with Gasteiger partial charge in [0.25, 0.3) is 0 Å². The highest BCUT2D eigenvalue weighted by molar-refractivity contribution is 9.09. The van der Waals surface area contributed by atoms with Gasteiger partial charge in [-0.15, -0.1) is 0 Å². The summed E-state index contributed by atoms with van der Waals surface area (Å²) in [5, 5.41) is 4.55. The zero-order valence-electron chi connectivity index (χ0n) is 61.6. The number of fused-ring (bicyclic) bond motifs is 4. The van der Waals surface area contributed by atoms with Crippen LogP contribution in [-0.2, 0) is 129 Å². The Labute approximate surface area is 685 Å². The van der Waals surface area contributed by atoms with E-state index >= 15 is 0 Å². The Bertz CT molecular complexity index is 2790. The van der Waals surface area contributed by atoms with Crippen molar-refractivity contribution in [1.29, 1.82) is 0 Å². The zero-order chi connectivity index (χ0) is 66.5. The van der Waals surface area contributed by atoms with Gasteiger partial charge < -0.3 is 67.9 Å². The van der Waals surface area contributed by atoms with Crippen molar-refractivity contribution in [2.75, 3.05) is 21.3 Å². The van der Waals surface area contributed by atoms with E-state index in [2.05, 4.69) is 180 Å². The summed E-state index contributed by atoms with van der Waals surface area (Å²) in [5.74, 6) is 0. The molecule has 0 N–H and O–H groups in total. The van der Waals surface area contributed by atoms with Gasteiger partial charge in [0.05, 0.1) is 0 Å². The normalized spacial score (nSPS) is 13.6. The molecule has 4 aliphatic carbocycles. The van der Waals surface area contributed by atoms with Crippen LogP contribution in [0.1, 0.15) is 294 Å². The molecule has 10 rings (SSSR count). The number of pyridine rings is 4. The minimum Gasteiger partial charge on any atom is -1.00 e. The van der Waals surface area contributed by atoms with Crippen molar-refractivity contribution in [3.05, 3.63) is 187 Å². The largest absolute Gasteiger partial charge is 1.00 e. The minimum atomic E-state index is 0. The van der Waals surface area contributed by atoms with Crippen LogP contribution in [0.15, 0.2) is 98.1 Å². The summed E-state index contributed by atoms with van der Waals surface area (Å²) < 4.78 is 9.95. The molecule has 0 aliphatic heterocycles. The molecular formula is C88H128Br8N4. The summed E-state index contributed by atoms with van der Waals surface area (Å²) in [7, 11) is 0. The number of hydrogen-bond donors (Lipinski definition) is 0. The number of aryl methyl sites for hydroxylation is 20. The average molecular weight is 1880 g/mol. The highest BCUT2D eigenvalue weighted by Gasteiger charge is 2.20. The van der Waals surface area contributed by atoms with E-state index in [9.17, 15) is 0 Å². The smallest absolute Gasteiger partial charge is 0.172 e. The molecule has 2 aromatic carbocycles. The second-order valence-corrected chi connectivity index (χ2v) is 33.0. The van der Waals surface area contributed by atoms with E-state index in [1.54, 1.807) is 89.0 Å². The second kappa shape index (κ2) is 53.6. The number of rotatable bonds is 44. The lowest BCUT2D eigenvalue weighted by atomic mass is 9.88. The van der Waals surface area contributed by atoms with Crippen molar-refractivity contribution in [1.82, 2.24) is 0 Å². The predicted molar refractivity (Wildman–Crippen MR) is 422 cm³/mol. The third-order valence-electron chi connectivity index (χ3n) is 22.2. The number of hydrogen-bond acceptors (Lipinski definition) is 0. The van der Waals surface area contributed by atoms with Gasteiger partial charge in [0.1, 0.15) is 26.2 Å². The van der Waals surface area contributed by atoms with Crippen molar-refractivity contribution < 1.29 is 86.2 Å². The monoisotopic (exact) mass is 1870 g/mol. The Morgan fingerprint density at radius 3 is 0.560 bits per heavy atom. The van der Waals surface area contributed by atoms with Gasteiger partial charge in [-0.05, 0) is 324 Å². The summed E-state index contributed by atoms with van der Waals surface area (Å²) in [6.45, 7) is 4.62. The van der Waals surface area contributed by atoms with Gasteiger partial charge in [-0.1, -0.05) is 114 Å². The van der Waals surface area contributed by atoms with E-state index < -0.39 is 0 Å². The molecule has 12 heteroatoms. The highest BCUT2D eigenvalue weighted by Crippen LogP contribution is 2.29. The van der Waals surface area contributed by atoms with Gasteiger partial charge in [0.15, 0.2) is 49.6 Å². The van der Waals surface area contributed by atoms with Gasteiger partial charge in [-0.25, -0.2) is 18.3 Å². The van der Waals surface area contributed by atoms with Crippen molar-refractivity contribution in [2.24, 2.45) is 0 Å². The Hall–Kier alpha value is -1.12. The fourth-order valence-corrected chi connectivity index (χ4v) is 18.0. The van der Waals surface area contributed by atoms with Crippen molar-refractivity contribution >= 4 is 63.7 Å². The number of halogens is 8. The second-order valence-electron chi connectivity index (χ2n) is 29.8. The first-order chi connectivity index (χ1) is 47.5. The molecule has 0 fully saturated rings. The van der Waals surface area contributed by atoms with Crippen molar-refractivity contribution in [3.63, 3.8) is 0 Å². The van der Waals surface area contributed by atoms with Crippen LogP contribution in [0.3, 0.4) is 0 Å². The summed E-state index contributed by atoms with van der Waals surface area (Å²) >= 11 is 14.3. The predicted octanol–water partition coefficient (Wildman–Crippen LogP) is 10.1. The van der Waals surface area contributed by atoms with E-state index in [0.29, 0.717) is 0 Å². The van der Waals surface area contributed by atoms with Crippen LogP contribution in [0.2, 0.25) is 0 Å². The molecule has 556 valence electrons. The maximum absolute atomic E-state index is 3.59. The SMILES string of the molecule is BrCCCCCc1cc(CCCCCBr)c(CCCCCBr)cc1CCCCCBr.[Br-].[Br-].[Br-].[Br-].c1c(CCCCC[n+]2ccc3c(c2)CCCC3)c(CCCCC[n+]2ccc3c(c2)CCCC3)cc(CCCCC[n+]2ccc3c(c2)CCCC3)c1CCCCC[n+]1ccc2c(c1)CCCC2. The molecule has 4 nitrogen and oxygen atoms in total. The molecule has 4 heterocycles. The number of alkyl halides is 4. The lowest BCUT2D eigenvalue weighted by Crippen LogP contribution is -3.00. The molecule has 0 saturated heterocycles. The first kappa shape index (κ1) is 89.5. The van der Waals surface area contributed by atoms with E-state index in [1.165, 1.54) is 308 Å². The summed E-state index contributed by atoms with van der Waals surface area (Å²) in [6, 6.07) is 20.4. The molecule has 0 amide bonds. The molecule has 0 atom stereocenters. The van der Waals surface area contributed by atoms with Crippen molar-refractivity contribution in [2.45, 2.75) is 334 Å². The molecule has 4 aliphatic rings. The third kappa shape index (κ3) is 32.0. The average Bonchev–Trinajstić information content (AvgIpc) is 0.861. The van der Waals surface area contributed by atoms with E-state index in [4.69, 9.17) is 0 Å². The lowest BCUT2D eigenvalue weighted by molar-refractivity contribution is -0.698. The van der Waals surface area contributed by atoms with Crippen LogP contribution >= 0.6 is 63.7 Å². The molecule has 0 unspecified atom stereocenters. The molecule has 0 spiro atoms. The molecule has 0 radical (unpaired) electrons. The highest BCUT2D eigenvalue weighted by atomic mass is 79.9. The fourth-order valence-electron chi connectivity index (χ4n) is 16.4. The molecule has 4 aromatic heterocycles. The maximum atomic E-state index is 3.59. The van der Waals surface area contributed by atoms with Crippen LogP contribution < -0.4 is 86.2 Å². The van der Waals surface area contributed by atoms with Crippen LogP contribution in [0.5, 0.6) is 0 Å². The van der Waals surface area contributed by atoms with Crippen LogP contribution in [0, 0.1) is 0 Å². The topological polar surface area (TPSA) is 15.5 Å². The Morgan fingerprint density at radius 2 is 0.380 bits per heavy atom. The first-order valence-corrected chi connectivity index (χ1v) is 44.5. The van der Waals surface area contributed by atoms with Gasteiger partial charge in [-0.3, -0.25) is 0 Å². The Kier molecular flexibility index (Phi) is 48.0. The molecule has 6 aromatic rings. The van der Waals surface area contributed by atoms with E-state index in [1.807, 2.05) is 0 Å². The lowest BCUT2D eigenvalue weighted by Gasteiger charge is -2.18. The maximum Gasteiger partial charge on any atom is 0.172 e. The van der Waals surface area contributed by atoms with Gasteiger partial charge >= 0.3 is 0 Å². The minimum absolute atomic E-state index is 0. The number of nitrogens with zero attached hydrogens (tertiary/aromatic N) is 4. The molecule has 100 heavy (non-hydrogen) atoms. The third-order valence-corrected chi connectivity index (χ3v) is 24.4.